The summed E-state index contributed by atoms with van der Waals surface area (Å²) in [5.41, 5.74) is 0. The van der Waals surface area contributed by atoms with Gasteiger partial charge in [-0.3, -0.25) is 4.79 Å². The molecule has 1 aromatic carbocycles. The molecule has 0 atom stereocenters. The van der Waals surface area contributed by atoms with Gasteiger partial charge in [0.05, 0.1) is 0 Å². The van der Waals surface area contributed by atoms with Gasteiger partial charge in [0.25, 0.3) is 0 Å². The molecule has 1 aromatic rings. The van der Waals surface area contributed by atoms with Crippen LogP contribution in [0.25, 0.3) is 0 Å². The van der Waals surface area contributed by atoms with Gasteiger partial charge in [0.2, 0.25) is 0 Å². The second kappa shape index (κ2) is 7.22. The lowest BCUT2D eigenvalue weighted by Crippen LogP contribution is -2.14. The van der Waals surface area contributed by atoms with Gasteiger partial charge in [0.1, 0.15) is 6.29 Å². The third-order valence-electron chi connectivity index (χ3n) is 1.87. The van der Waals surface area contributed by atoms with Gasteiger partial charge < -0.3 is 9.47 Å². The lowest BCUT2D eigenvalue weighted by Gasteiger charge is -2.16. The van der Waals surface area contributed by atoms with E-state index in [0.717, 1.165) is 16.1 Å². The number of allylic oxidation sites excluding steroid dienone is 1. The number of hydrogen-bond donors (Lipinski definition) is 0. The molecule has 0 fully saturated rings. The average molecular weight is 238 g/mol. The molecule has 86 valence electrons. The van der Waals surface area contributed by atoms with E-state index in [1.807, 2.05) is 30.3 Å². The maximum absolute atomic E-state index is 10.5. The molecular formula is C12H14O3S. The van der Waals surface area contributed by atoms with Gasteiger partial charge in [0, 0.05) is 24.0 Å². The highest BCUT2D eigenvalue weighted by molar-refractivity contribution is 8.03. The Morgan fingerprint density at radius 3 is 2.38 bits per heavy atom. The molecule has 0 radical (unpaired) electrons. The first-order valence-corrected chi connectivity index (χ1v) is 5.57. The van der Waals surface area contributed by atoms with E-state index in [-0.39, 0.29) is 0 Å². The highest BCUT2D eigenvalue weighted by Crippen LogP contribution is 2.29. The first-order chi connectivity index (χ1) is 7.81. The van der Waals surface area contributed by atoms with Gasteiger partial charge in [-0.05, 0) is 18.2 Å². The van der Waals surface area contributed by atoms with Crippen LogP contribution in [0.5, 0.6) is 0 Å². The van der Waals surface area contributed by atoms with Crippen molar-refractivity contribution in [1.82, 2.24) is 0 Å². The summed E-state index contributed by atoms with van der Waals surface area (Å²) >= 11 is 1.45. The maximum atomic E-state index is 10.5. The number of hydrogen-bond acceptors (Lipinski definition) is 4. The Morgan fingerprint density at radius 1 is 1.25 bits per heavy atom. The normalized spacial score (nSPS) is 11.8. The molecule has 0 N–H and O–H groups in total. The smallest absolute Gasteiger partial charge is 0.189 e. The zero-order valence-corrected chi connectivity index (χ0v) is 10.1. The van der Waals surface area contributed by atoms with E-state index in [9.17, 15) is 4.79 Å². The summed E-state index contributed by atoms with van der Waals surface area (Å²) in [6, 6.07) is 9.75. The van der Waals surface area contributed by atoms with E-state index in [4.69, 9.17) is 9.47 Å². The molecule has 0 aliphatic rings. The molecule has 16 heavy (non-hydrogen) atoms. The fraction of sp³-hybridized carbons (Fsp3) is 0.250. The van der Waals surface area contributed by atoms with Gasteiger partial charge >= 0.3 is 0 Å². The Bertz CT molecular complexity index is 345. The minimum absolute atomic E-state index is 0.504. The van der Waals surface area contributed by atoms with E-state index in [0.29, 0.717) is 0 Å². The molecule has 3 nitrogen and oxygen atoms in total. The molecule has 0 saturated heterocycles. The number of ether oxygens (including phenoxy) is 2. The van der Waals surface area contributed by atoms with E-state index in [1.165, 1.54) is 17.8 Å². The van der Waals surface area contributed by atoms with Gasteiger partial charge in [-0.15, -0.1) is 0 Å². The van der Waals surface area contributed by atoms with Crippen LogP contribution >= 0.6 is 11.8 Å². The largest absolute Gasteiger partial charge is 0.351 e. The number of carbonyl (C=O) groups excluding carboxylic acids is 1. The molecule has 4 heteroatoms. The molecule has 1 rings (SSSR count). The third kappa shape index (κ3) is 3.81. The Balaban J connectivity index is 2.80. The summed E-state index contributed by atoms with van der Waals surface area (Å²) < 4.78 is 10.2. The van der Waals surface area contributed by atoms with Crippen LogP contribution in [-0.4, -0.2) is 26.8 Å². The van der Waals surface area contributed by atoms with Crippen LogP contribution in [0.4, 0.5) is 0 Å². The van der Waals surface area contributed by atoms with Crippen LogP contribution in [-0.2, 0) is 14.3 Å². The minimum atomic E-state index is -0.504. The zero-order valence-electron chi connectivity index (χ0n) is 9.25. The number of methoxy groups -OCH3 is 2. The Kier molecular flexibility index (Phi) is 5.85. The predicted octanol–water partition coefficient (Wildman–Crippen LogP) is 2.48. The van der Waals surface area contributed by atoms with E-state index >= 15 is 0 Å². The number of thioether (sulfide) groups is 1. The van der Waals surface area contributed by atoms with Crippen molar-refractivity contribution in [1.29, 1.82) is 0 Å². The third-order valence-corrected chi connectivity index (χ3v) is 2.94. The highest BCUT2D eigenvalue weighted by atomic mass is 32.2. The second-order valence-corrected chi connectivity index (χ2v) is 4.07. The molecule has 0 amide bonds. The Morgan fingerprint density at radius 2 is 1.88 bits per heavy atom. The van der Waals surface area contributed by atoms with Crippen molar-refractivity contribution < 1.29 is 14.3 Å². The van der Waals surface area contributed by atoms with E-state index < -0.39 is 6.29 Å². The topological polar surface area (TPSA) is 35.5 Å². The molecule has 0 aliphatic carbocycles. The lowest BCUT2D eigenvalue weighted by atomic mass is 10.4. The second-order valence-electron chi connectivity index (χ2n) is 2.92. The van der Waals surface area contributed by atoms with Gasteiger partial charge in [-0.1, -0.05) is 30.0 Å². The molecular weight excluding hydrogens is 224 g/mol. The number of carbonyl (C=O) groups is 1. The molecule has 0 spiro atoms. The standard InChI is InChI=1S/C12H14O3S/c1-14-12(15-2)11(8-9-13)16-10-6-4-3-5-7-10/h3-9,12H,1-2H3/b11-8+. The highest BCUT2D eigenvalue weighted by Gasteiger charge is 2.13. The molecule has 0 unspecified atom stereocenters. The monoisotopic (exact) mass is 238 g/mol. The summed E-state index contributed by atoms with van der Waals surface area (Å²) in [5, 5.41) is 0. The minimum Gasteiger partial charge on any atom is -0.351 e. The first-order valence-electron chi connectivity index (χ1n) is 4.75. The summed E-state index contributed by atoms with van der Waals surface area (Å²) in [6.45, 7) is 0. The first kappa shape index (κ1) is 13.0. The van der Waals surface area contributed by atoms with Gasteiger partial charge in [-0.2, -0.15) is 0 Å². The van der Waals surface area contributed by atoms with Crippen LogP contribution in [0.3, 0.4) is 0 Å². The summed E-state index contributed by atoms with van der Waals surface area (Å²) in [4.78, 5) is 12.3. The predicted molar refractivity (Wildman–Crippen MR) is 64.3 cm³/mol. The van der Waals surface area contributed by atoms with Crippen molar-refractivity contribution in [2.75, 3.05) is 14.2 Å². The number of aldehydes is 1. The number of rotatable bonds is 6. The fourth-order valence-electron chi connectivity index (χ4n) is 1.18. The van der Waals surface area contributed by atoms with Crippen LogP contribution in [0.15, 0.2) is 46.2 Å². The SMILES string of the molecule is COC(OC)/C(=C\C=O)Sc1ccccc1. The van der Waals surface area contributed by atoms with E-state index in [1.54, 1.807) is 14.2 Å². The van der Waals surface area contributed by atoms with Crippen LogP contribution in [0.1, 0.15) is 0 Å². The Hall–Kier alpha value is -1.10. The van der Waals surface area contributed by atoms with Gasteiger partial charge in [-0.25, -0.2) is 0 Å². The summed E-state index contributed by atoms with van der Waals surface area (Å²) in [5.74, 6) is 0. The van der Waals surface area contributed by atoms with Crippen molar-refractivity contribution >= 4 is 18.0 Å². The van der Waals surface area contributed by atoms with Crippen molar-refractivity contribution in [3.63, 3.8) is 0 Å². The van der Waals surface area contributed by atoms with Crippen LogP contribution in [0.2, 0.25) is 0 Å². The molecule has 0 heterocycles. The lowest BCUT2D eigenvalue weighted by molar-refractivity contribution is -0.104. The van der Waals surface area contributed by atoms with Crippen LogP contribution in [0, 0.1) is 0 Å². The van der Waals surface area contributed by atoms with Crippen LogP contribution < -0.4 is 0 Å². The summed E-state index contributed by atoms with van der Waals surface area (Å²) in [7, 11) is 3.08. The zero-order chi connectivity index (χ0) is 11.8. The van der Waals surface area contributed by atoms with Gasteiger partial charge in [0.15, 0.2) is 6.29 Å². The van der Waals surface area contributed by atoms with Crippen molar-refractivity contribution in [2.24, 2.45) is 0 Å². The maximum Gasteiger partial charge on any atom is 0.189 e. The number of benzene rings is 1. The van der Waals surface area contributed by atoms with Crippen molar-refractivity contribution in [3.05, 3.63) is 41.3 Å². The molecule has 0 saturated carbocycles. The van der Waals surface area contributed by atoms with E-state index in [2.05, 4.69) is 0 Å². The summed E-state index contributed by atoms with van der Waals surface area (Å²) in [6.07, 6.45) is 1.68. The molecule has 0 aliphatic heterocycles. The fourth-order valence-corrected chi connectivity index (χ4v) is 2.16. The quantitative estimate of drug-likeness (QED) is 0.330. The Labute approximate surface area is 99.4 Å². The van der Waals surface area contributed by atoms with Crippen molar-refractivity contribution in [2.45, 2.75) is 11.2 Å². The molecule has 0 aromatic heterocycles. The average Bonchev–Trinajstić information content (AvgIpc) is 2.32. The van der Waals surface area contributed by atoms with Crippen molar-refractivity contribution in [3.8, 4) is 0 Å². The molecule has 0 bridgehead atoms.